The zero-order valence-electron chi connectivity index (χ0n) is 12.2. The fraction of sp³-hybridized carbons (Fsp3) is 0.500. The van der Waals surface area contributed by atoms with Gasteiger partial charge in [0.05, 0.1) is 10.6 Å². The molecule has 2 nitrogen and oxygen atoms in total. The number of hydrogen-bond donors (Lipinski definition) is 0. The molecule has 0 spiro atoms. The van der Waals surface area contributed by atoms with Crippen molar-refractivity contribution in [2.75, 3.05) is 0 Å². The molecule has 2 aliphatic rings. The number of ether oxygens (including phenoxy) is 1. The predicted molar refractivity (Wildman–Crippen MR) is 84.1 cm³/mol. The van der Waals surface area contributed by atoms with Crippen molar-refractivity contribution < 1.29 is 9.53 Å². The fourth-order valence-corrected chi connectivity index (χ4v) is 3.78. The van der Waals surface area contributed by atoms with Gasteiger partial charge in [0.1, 0.15) is 6.10 Å². The van der Waals surface area contributed by atoms with Crippen LogP contribution in [0.1, 0.15) is 44.1 Å². The minimum atomic E-state index is -0.202. The second-order valence-electron chi connectivity index (χ2n) is 6.04. The van der Waals surface area contributed by atoms with Gasteiger partial charge in [0.15, 0.2) is 0 Å². The Hall–Kier alpha value is -1.28. The van der Waals surface area contributed by atoms with Gasteiger partial charge in [-0.1, -0.05) is 61.2 Å². The lowest BCUT2D eigenvalue weighted by molar-refractivity contribution is -0.142. The minimum absolute atomic E-state index is 0.176. The second-order valence-corrected chi connectivity index (χ2v) is 6.44. The number of aryl methyl sites for hydroxylation is 1. The largest absolute Gasteiger partial charge is 0.453 e. The zero-order chi connectivity index (χ0) is 14.7. The molecular weight excluding hydrogens is 284 g/mol. The van der Waals surface area contributed by atoms with E-state index in [0.29, 0.717) is 22.9 Å². The van der Waals surface area contributed by atoms with Crippen molar-refractivity contribution in [2.24, 2.45) is 5.92 Å². The van der Waals surface area contributed by atoms with Gasteiger partial charge in [-0.3, -0.25) is 0 Å². The molecule has 0 radical (unpaired) electrons. The van der Waals surface area contributed by atoms with Gasteiger partial charge in [-0.15, -0.1) is 0 Å². The topological polar surface area (TPSA) is 26.3 Å². The number of benzene rings is 1. The summed E-state index contributed by atoms with van der Waals surface area (Å²) in [5.41, 5.74) is 1.92. The van der Waals surface area contributed by atoms with E-state index < -0.39 is 0 Å². The molecule has 0 amide bonds. The first kappa shape index (κ1) is 14.6. The van der Waals surface area contributed by atoms with Crippen LogP contribution in [0.4, 0.5) is 0 Å². The summed E-state index contributed by atoms with van der Waals surface area (Å²) in [5.74, 6) is 0.218. The lowest BCUT2D eigenvalue weighted by atomic mass is 9.85. The summed E-state index contributed by atoms with van der Waals surface area (Å²) in [7, 11) is 0. The molecule has 0 bridgehead atoms. The van der Waals surface area contributed by atoms with Crippen molar-refractivity contribution in [1.29, 1.82) is 0 Å². The van der Waals surface area contributed by atoms with E-state index in [2.05, 4.69) is 12.1 Å². The number of carbonyl (C=O) groups excluding carboxylic acids is 1. The van der Waals surface area contributed by atoms with Crippen molar-refractivity contribution in [3.63, 3.8) is 0 Å². The van der Waals surface area contributed by atoms with Crippen molar-refractivity contribution in [3.8, 4) is 0 Å². The van der Waals surface area contributed by atoms with Gasteiger partial charge in [0.25, 0.3) is 0 Å². The Balaban J connectivity index is 1.68. The highest BCUT2D eigenvalue weighted by Crippen LogP contribution is 2.38. The first-order valence-electron chi connectivity index (χ1n) is 7.89. The van der Waals surface area contributed by atoms with Crippen LogP contribution < -0.4 is 0 Å². The Morgan fingerprint density at radius 2 is 1.76 bits per heavy atom. The zero-order valence-corrected chi connectivity index (χ0v) is 12.9. The molecule has 1 heterocycles. The van der Waals surface area contributed by atoms with E-state index in [1.165, 1.54) is 24.8 Å². The normalized spacial score (nSPS) is 23.5. The van der Waals surface area contributed by atoms with Gasteiger partial charge in [-0.05, 0) is 31.2 Å². The molecule has 1 aliphatic carbocycles. The van der Waals surface area contributed by atoms with Gasteiger partial charge in [0.2, 0.25) is 0 Å². The molecule has 1 aromatic carbocycles. The summed E-state index contributed by atoms with van der Waals surface area (Å²) in [6.07, 6.45) is 7.32. The summed E-state index contributed by atoms with van der Waals surface area (Å²) in [5, 5.41) is 0.669. The number of halogens is 1. The predicted octanol–water partition coefficient (Wildman–Crippen LogP) is 4.62. The molecular formula is C18H21ClO2. The number of rotatable bonds is 4. The molecule has 1 unspecified atom stereocenters. The van der Waals surface area contributed by atoms with Gasteiger partial charge >= 0.3 is 5.97 Å². The van der Waals surface area contributed by atoms with Crippen LogP contribution in [0.25, 0.3) is 0 Å². The molecule has 1 atom stereocenters. The molecule has 0 N–H and O–H groups in total. The second kappa shape index (κ2) is 6.65. The standard InChI is InChI=1S/C18H21ClO2/c19-16-15(12-11-13-7-3-1-4-8-13)18(20)21-17(16)14-9-5-2-6-10-14/h1,3-4,7-8,14,17H,2,5-6,9-12H2. The Labute approximate surface area is 131 Å². The third-order valence-corrected chi connectivity index (χ3v) is 5.05. The highest BCUT2D eigenvalue weighted by molar-refractivity contribution is 6.33. The number of hydrogen-bond acceptors (Lipinski definition) is 2. The van der Waals surface area contributed by atoms with E-state index in [9.17, 15) is 4.79 Å². The summed E-state index contributed by atoms with van der Waals surface area (Å²) in [4.78, 5) is 12.1. The highest BCUT2D eigenvalue weighted by Gasteiger charge is 2.38. The van der Waals surface area contributed by atoms with E-state index in [1.54, 1.807) is 0 Å². The molecule has 1 saturated carbocycles. The molecule has 1 aliphatic heterocycles. The van der Waals surface area contributed by atoms with Gasteiger partial charge in [0, 0.05) is 5.92 Å². The molecule has 112 valence electrons. The van der Waals surface area contributed by atoms with Crippen LogP contribution in [0.2, 0.25) is 0 Å². The maximum absolute atomic E-state index is 12.1. The van der Waals surface area contributed by atoms with Gasteiger partial charge in [-0.2, -0.15) is 0 Å². The van der Waals surface area contributed by atoms with Crippen molar-refractivity contribution in [1.82, 2.24) is 0 Å². The molecule has 0 saturated heterocycles. The lowest BCUT2D eigenvalue weighted by Crippen LogP contribution is -2.24. The third kappa shape index (κ3) is 3.32. The van der Waals surface area contributed by atoms with Crippen LogP contribution in [0.3, 0.4) is 0 Å². The summed E-state index contributed by atoms with van der Waals surface area (Å²) < 4.78 is 5.57. The summed E-state index contributed by atoms with van der Waals surface area (Å²) in [6, 6.07) is 10.2. The minimum Gasteiger partial charge on any atom is -0.453 e. The fourth-order valence-electron chi connectivity index (χ4n) is 3.38. The monoisotopic (exact) mass is 304 g/mol. The number of cyclic esters (lactones) is 1. The van der Waals surface area contributed by atoms with Gasteiger partial charge in [-0.25, -0.2) is 4.79 Å². The quantitative estimate of drug-likeness (QED) is 0.759. The van der Waals surface area contributed by atoms with Crippen LogP contribution in [0.15, 0.2) is 40.9 Å². The Kier molecular flexibility index (Phi) is 4.64. The van der Waals surface area contributed by atoms with E-state index >= 15 is 0 Å². The van der Waals surface area contributed by atoms with Crippen molar-refractivity contribution >= 4 is 17.6 Å². The highest BCUT2D eigenvalue weighted by atomic mass is 35.5. The number of esters is 1. The van der Waals surface area contributed by atoms with E-state index in [1.807, 2.05) is 18.2 Å². The van der Waals surface area contributed by atoms with Crippen LogP contribution >= 0.6 is 11.6 Å². The molecule has 3 heteroatoms. The van der Waals surface area contributed by atoms with Crippen LogP contribution in [0.5, 0.6) is 0 Å². The van der Waals surface area contributed by atoms with Crippen molar-refractivity contribution in [3.05, 3.63) is 46.5 Å². The molecule has 1 fully saturated rings. The van der Waals surface area contributed by atoms with E-state index in [-0.39, 0.29) is 12.1 Å². The average molecular weight is 305 g/mol. The van der Waals surface area contributed by atoms with Gasteiger partial charge < -0.3 is 4.74 Å². The maximum Gasteiger partial charge on any atom is 0.335 e. The molecule has 3 rings (SSSR count). The van der Waals surface area contributed by atoms with E-state index in [0.717, 1.165) is 19.3 Å². The third-order valence-electron chi connectivity index (χ3n) is 4.60. The summed E-state index contributed by atoms with van der Waals surface area (Å²) in [6.45, 7) is 0. The Morgan fingerprint density at radius 1 is 1.05 bits per heavy atom. The SMILES string of the molecule is O=C1OC(C2CCCCC2)C(Cl)=C1CCc1ccccc1. The average Bonchev–Trinajstić information content (AvgIpc) is 2.82. The van der Waals surface area contributed by atoms with Crippen LogP contribution in [-0.2, 0) is 16.0 Å². The van der Waals surface area contributed by atoms with Crippen molar-refractivity contribution in [2.45, 2.75) is 51.0 Å². The number of carbonyl (C=O) groups is 1. The Morgan fingerprint density at radius 3 is 2.48 bits per heavy atom. The molecule has 0 aromatic heterocycles. The Bertz CT molecular complexity index is 529. The lowest BCUT2D eigenvalue weighted by Gasteiger charge is -2.26. The first-order chi connectivity index (χ1) is 10.3. The first-order valence-corrected chi connectivity index (χ1v) is 8.27. The molecule has 21 heavy (non-hydrogen) atoms. The maximum atomic E-state index is 12.1. The summed E-state index contributed by atoms with van der Waals surface area (Å²) >= 11 is 6.47. The molecule has 1 aromatic rings. The smallest absolute Gasteiger partial charge is 0.335 e. The van der Waals surface area contributed by atoms with Crippen LogP contribution in [0, 0.1) is 5.92 Å². The van der Waals surface area contributed by atoms with E-state index in [4.69, 9.17) is 16.3 Å². The van der Waals surface area contributed by atoms with Crippen LogP contribution in [-0.4, -0.2) is 12.1 Å².